The molecule has 4 nitrogen and oxygen atoms in total. The monoisotopic (exact) mass is 281 g/mol. The van der Waals surface area contributed by atoms with Gasteiger partial charge in [0.2, 0.25) is 11.8 Å². The Morgan fingerprint density at radius 3 is 2.56 bits per heavy atom. The molecular weight excluding hydrogens is 270 g/mol. The summed E-state index contributed by atoms with van der Waals surface area (Å²) < 4.78 is 6.34. The first-order valence-corrected chi connectivity index (χ1v) is 5.77. The van der Waals surface area contributed by atoms with Gasteiger partial charge in [0.15, 0.2) is 0 Å². The van der Waals surface area contributed by atoms with E-state index in [4.69, 9.17) is 4.42 Å². The fourth-order valence-electron chi connectivity index (χ4n) is 1.32. The summed E-state index contributed by atoms with van der Waals surface area (Å²) in [5.41, 5.74) is 1.22. The molecule has 0 spiro atoms. The molecule has 1 heterocycles. The second-order valence-electron chi connectivity index (χ2n) is 3.44. The average Bonchev–Trinajstić information content (AvgIpc) is 2.67. The van der Waals surface area contributed by atoms with Gasteiger partial charge in [-0.2, -0.15) is 0 Å². The van der Waals surface area contributed by atoms with Crippen molar-refractivity contribution in [1.29, 1.82) is 0 Å². The Bertz CT molecular complexity index is 453. The van der Waals surface area contributed by atoms with Crippen LogP contribution in [0.25, 0.3) is 0 Å². The van der Waals surface area contributed by atoms with Gasteiger partial charge in [-0.15, -0.1) is 10.2 Å². The molecule has 0 unspecified atom stereocenters. The van der Waals surface area contributed by atoms with Crippen LogP contribution in [-0.4, -0.2) is 10.2 Å². The van der Waals surface area contributed by atoms with Crippen molar-refractivity contribution in [1.82, 2.24) is 15.5 Å². The molecule has 0 fully saturated rings. The smallest absolute Gasteiger partial charge is 0.230 e. The van der Waals surface area contributed by atoms with E-state index >= 15 is 0 Å². The van der Waals surface area contributed by atoms with E-state index in [0.29, 0.717) is 18.3 Å². The highest BCUT2D eigenvalue weighted by Crippen LogP contribution is 2.10. The van der Waals surface area contributed by atoms with Crippen molar-refractivity contribution >= 4 is 15.9 Å². The highest BCUT2D eigenvalue weighted by molar-refractivity contribution is 9.10. The minimum Gasteiger partial charge on any atom is -0.424 e. The summed E-state index contributed by atoms with van der Waals surface area (Å²) in [5, 5.41) is 10.9. The van der Waals surface area contributed by atoms with Crippen molar-refractivity contribution in [2.45, 2.75) is 20.0 Å². The van der Waals surface area contributed by atoms with Gasteiger partial charge in [-0.3, -0.25) is 0 Å². The Hall–Kier alpha value is -1.20. The number of halogens is 1. The second kappa shape index (κ2) is 5.23. The van der Waals surface area contributed by atoms with Crippen LogP contribution in [0.3, 0.4) is 0 Å². The number of hydrogen-bond donors (Lipinski definition) is 1. The molecule has 0 saturated heterocycles. The molecule has 1 aromatic heterocycles. The van der Waals surface area contributed by atoms with E-state index in [1.54, 1.807) is 6.92 Å². The minimum atomic E-state index is 0.594. The maximum Gasteiger partial charge on any atom is 0.230 e. The lowest BCUT2D eigenvalue weighted by Crippen LogP contribution is -2.12. The van der Waals surface area contributed by atoms with Crippen LogP contribution in [0, 0.1) is 6.92 Å². The molecule has 16 heavy (non-hydrogen) atoms. The number of nitrogens with one attached hydrogen (secondary N) is 1. The fraction of sp³-hybridized carbons (Fsp3) is 0.273. The highest BCUT2D eigenvalue weighted by atomic mass is 79.9. The van der Waals surface area contributed by atoms with Gasteiger partial charge >= 0.3 is 0 Å². The standard InChI is InChI=1S/C11H12BrN3O/c1-8-14-15-11(16-8)7-13-6-9-2-4-10(12)5-3-9/h2-5,13H,6-7H2,1H3. The third-order valence-electron chi connectivity index (χ3n) is 2.09. The third kappa shape index (κ3) is 3.15. The van der Waals surface area contributed by atoms with E-state index in [-0.39, 0.29) is 0 Å². The average molecular weight is 282 g/mol. The molecular formula is C11H12BrN3O. The van der Waals surface area contributed by atoms with Crippen LogP contribution < -0.4 is 5.32 Å². The Morgan fingerprint density at radius 2 is 1.94 bits per heavy atom. The fourth-order valence-corrected chi connectivity index (χ4v) is 1.59. The lowest BCUT2D eigenvalue weighted by Gasteiger charge is -2.02. The van der Waals surface area contributed by atoms with E-state index in [1.165, 1.54) is 5.56 Å². The summed E-state index contributed by atoms with van der Waals surface area (Å²) in [4.78, 5) is 0. The van der Waals surface area contributed by atoms with Gasteiger partial charge in [-0.25, -0.2) is 0 Å². The molecule has 0 bridgehead atoms. The maximum absolute atomic E-state index is 5.25. The summed E-state index contributed by atoms with van der Waals surface area (Å²) in [6.07, 6.45) is 0. The SMILES string of the molecule is Cc1nnc(CNCc2ccc(Br)cc2)o1. The summed E-state index contributed by atoms with van der Waals surface area (Å²) in [7, 11) is 0. The number of benzene rings is 1. The number of aryl methyl sites for hydroxylation is 1. The van der Waals surface area contributed by atoms with Gasteiger partial charge in [0.05, 0.1) is 6.54 Å². The van der Waals surface area contributed by atoms with Gasteiger partial charge in [0.1, 0.15) is 0 Å². The molecule has 0 aliphatic heterocycles. The minimum absolute atomic E-state index is 0.594. The van der Waals surface area contributed by atoms with Crippen LogP contribution in [0.2, 0.25) is 0 Å². The first kappa shape index (κ1) is 11.3. The van der Waals surface area contributed by atoms with Gasteiger partial charge in [0.25, 0.3) is 0 Å². The van der Waals surface area contributed by atoms with Crippen molar-refractivity contribution < 1.29 is 4.42 Å². The normalized spacial score (nSPS) is 10.6. The number of hydrogen-bond acceptors (Lipinski definition) is 4. The van der Waals surface area contributed by atoms with E-state index in [2.05, 4.69) is 43.6 Å². The van der Waals surface area contributed by atoms with Gasteiger partial charge < -0.3 is 9.73 Å². The zero-order valence-electron chi connectivity index (χ0n) is 8.90. The van der Waals surface area contributed by atoms with E-state index in [9.17, 15) is 0 Å². The largest absolute Gasteiger partial charge is 0.424 e. The summed E-state index contributed by atoms with van der Waals surface area (Å²) in [6.45, 7) is 3.16. The predicted octanol–water partition coefficient (Wildman–Crippen LogP) is 2.43. The molecule has 0 aliphatic rings. The number of rotatable bonds is 4. The zero-order chi connectivity index (χ0) is 11.4. The van der Waals surface area contributed by atoms with Crippen molar-refractivity contribution in [3.8, 4) is 0 Å². The van der Waals surface area contributed by atoms with Gasteiger partial charge in [-0.1, -0.05) is 28.1 Å². The molecule has 0 aliphatic carbocycles. The van der Waals surface area contributed by atoms with Crippen molar-refractivity contribution in [3.63, 3.8) is 0 Å². The third-order valence-corrected chi connectivity index (χ3v) is 2.62. The number of nitrogens with zero attached hydrogens (tertiary/aromatic N) is 2. The van der Waals surface area contributed by atoms with Crippen molar-refractivity contribution in [3.05, 3.63) is 46.1 Å². The Labute approximate surface area is 102 Å². The molecule has 1 N–H and O–H groups in total. The lowest BCUT2D eigenvalue weighted by atomic mass is 10.2. The summed E-state index contributed by atoms with van der Waals surface area (Å²) in [6, 6.07) is 8.17. The maximum atomic E-state index is 5.25. The first-order valence-electron chi connectivity index (χ1n) is 4.98. The molecule has 2 rings (SSSR count). The van der Waals surface area contributed by atoms with E-state index in [0.717, 1.165) is 11.0 Å². The van der Waals surface area contributed by atoms with Crippen LogP contribution in [0.15, 0.2) is 33.2 Å². The molecule has 2 aromatic rings. The zero-order valence-corrected chi connectivity index (χ0v) is 10.5. The highest BCUT2D eigenvalue weighted by Gasteiger charge is 2.00. The summed E-state index contributed by atoms with van der Waals surface area (Å²) in [5.74, 6) is 1.22. The molecule has 5 heteroatoms. The van der Waals surface area contributed by atoms with Crippen LogP contribution in [-0.2, 0) is 13.1 Å². The first-order chi connectivity index (χ1) is 7.74. The molecule has 0 atom stereocenters. The van der Waals surface area contributed by atoms with Crippen LogP contribution in [0.1, 0.15) is 17.3 Å². The Morgan fingerprint density at radius 1 is 1.19 bits per heavy atom. The van der Waals surface area contributed by atoms with Crippen LogP contribution in [0.5, 0.6) is 0 Å². The number of aromatic nitrogens is 2. The van der Waals surface area contributed by atoms with Crippen LogP contribution >= 0.6 is 15.9 Å². The topological polar surface area (TPSA) is 51.0 Å². The van der Waals surface area contributed by atoms with Gasteiger partial charge in [0, 0.05) is 17.9 Å². The summed E-state index contributed by atoms with van der Waals surface area (Å²) >= 11 is 3.40. The van der Waals surface area contributed by atoms with Crippen molar-refractivity contribution in [2.24, 2.45) is 0 Å². The second-order valence-corrected chi connectivity index (χ2v) is 4.36. The molecule has 1 aromatic carbocycles. The molecule has 0 radical (unpaired) electrons. The van der Waals surface area contributed by atoms with Crippen molar-refractivity contribution in [2.75, 3.05) is 0 Å². The quantitative estimate of drug-likeness (QED) is 0.935. The lowest BCUT2D eigenvalue weighted by molar-refractivity contribution is 0.446. The molecule has 84 valence electrons. The molecule has 0 amide bonds. The Balaban J connectivity index is 1.82. The van der Waals surface area contributed by atoms with Gasteiger partial charge in [-0.05, 0) is 17.7 Å². The Kier molecular flexibility index (Phi) is 3.69. The molecule has 0 saturated carbocycles. The van der Waals surface area contributed by atoms with E-state index in [1.807, 2.05) is 12.1 Å². The predicted molar refractivity (Wildman–Crippen MR) is 63.7 cm³/mol. The van der Waals surface area contributed by atoms with E-state index < -0.39 is 0 Å². The van der Waals surface area contributed by atoms with Crippen LogP contribution in [0.4, 0.5) is 0 Å².